The van der Waals surface area contributed by atoms with E-state index in [1.54, 1.807) is 12.3 Å². The van der Waals surface area contributed by atoms with Crippen LogP contribution < -0.4 is 0 Å². The molecule has 6 heteroatoms. The number of nitrogens with zero attached hydrogens (tertiary/aromatic N) is 3. The Hall–Kier alpha value is -2.62. The molecule has 0 aliphatic carbocycles. The van der Waals surface area contributed by atoms with E-state index in [0.29, 0.717) is 16.2 Å². The summed E-state index contributed by atoms with van der Waals surface area (Å²) in [7, 11) is 0. The van der Waals surface area contributed by atoms with Gasteiger partial charge in [-0.2, -0.15) is 5.26 Å². The summed E-state index contributed by atoms with van der Waals surface area (Å²) < 4.78 is 0. The molecular formula is C18H13N3OS2. The lowest BCUT2D eigenvalue weighted by Crippen LogP contribution is -1.95. The van der Waals surface area contributed by atoms with E-state index in [0.717, 1.165) is 21.8 Å². The number of thiazole rings is 1. The van der Waals surface area contributed by atoms with Gasteiger partial charge in [0.2, 0.25) is 0 Å². The molecule has 24 heavy (non-hydrogen) atoms. The third-order valence-electron chi connectivity index (χ3n) is 3.45. The number of nitriles is 1. The van der Waals surface area contributed by atoms with E-state index in [4.69, 9.17) is 0 Å². The molecule has 0 amide bonds. The standard InChI is InChI=1S/C18H13N3OS2/c1-11(22)12-4-3-5-13(8-12)14-9-16(18-20-6-7-24-18)21-17(23-2)15(14)10-19/h3-9,22H,1H2,2H3. The van der Waals surface area contributed by atoms with Gasteiger partial charge < -0.3 is 5.11 Å². The second-order valence-electron chi connectivity index (χ2n) is 4.92. The van der Waals surface area contributed by atoms with Crippen LogP contribution in [0.1, 0.15) is 11.1 Å². The zero-order valence-electron chi connectivity index (χ0n) is 12.9. The van der Waals surface area contributed by atoms with Crippen LogP contribution in [0.3, 0.4) is 0 Å². The predicted molar refractivity (Wildman–Crippen MR) is 98.9 cm³/mol. The molecule has 0 saturated heterocycles. The number of hydrogen-bond donors (Lipinski definition) is 1. The highest BCUT2D eigenvalue weighted by molar-refractivity contribution is 7.98. The zero-order chi connectivity index (χ0) is 17.1. The highest BCUT2D eigenvalue weighted by Gasteiger charge is 2.16. The molecule has 118 valence electrons. The van der Waals surface area contributed by atoms with E-state index >= 15 is 0 Å². The first-order chi connectivity index (χ1) is 11.6. The molecule has 1 N–H and O–H groups in total. The van der Waals surface area contributed by atoms with Crippen molar-refractivity contribution >= 4 is 28.9 Å². The van der Waals surface area contributed by atoms with Gasteiger partial charge >= 0.3 is 0 Å². The molecule has 0 fully saturated rings. The second-order valence-corrected chi connectivity index (χ2v) is 6.61. The Morgan fingerprint density at radius 3 is 2.83 bits per heavy atom. The van der Waals surface area contributed by atoms with Gasteiger partial charge in [0.1, 0.15) is 27.6 Å². The number of rotatable bonds is 4. The molecule has 3 rings (SSSR count). The summed E-state index contributed by atoms with van der Waals surface area (Å²) in [6, 6.07) is 11.4. The van der Waals surface area contributed by atoms with Gasteiger partial charge in [-0.1, -0.05) is 24.8 Å². The van der Waals surface area contributed by atoms with Crippen LogP contribution in [0, 0.1) is 11.3 Å². The predicted octanol–water partition coefficient (Wildman–Crippen LogP) is 4.99. The van der Waals surface area contributed by atoms with E-state index in [9.17, 15) is 10.4 Å². The summed E-state index contributed by atoms with van der Waals surface area (Å²) in [6.07, 6.45) is 3.62. The highest BCUT2D eigenvalue weighted by atomic mass is 32.2. The third-order valence-corrected chi connectivity index (χ3v) is 4.93. The van der Waals surface area contributed by atoms with Crippen LogP contribution in [0.4, 0.5) is 0 Å². The molecule has 0 unspecified atom stereocenters. The Labute approximate surface area is 148 Å². The first-order valence-corrected chi connectivity index (χ1v) is 9.12. The van der Waals surface area contributed by atoms with Crippen molar-refractivity contribution in [1.29, 1.82) is 5.26 Å². The van der Waals surface area contributed by atoms with E-state index in [-0.39, 0.29) is 5.76 Å². The number of thioether (sulfide) groups is 1. The molecule has 0 radical (unpaired) electrons. The van der Waals surface area contributed by atoms with E-state index < -0.39 is 0 Å². The van der Waals surface area contributed by atoms with Gasteiger partial charge in [0.05, 0.1) is 5.56 Å². The van der Waals surface area contributed by atoms with E-state index in [1.165, 1.54) is 23.1 Å². The maximum atomic E-state index is 9.64. The Bertz CT molecular complexity index is 943. The first-order valence-electron chi connectivity index (χ1n) is 7.01. The lowest BCUT2D eigenvalue weighted by Gasteiger charge is -2.11. The minimum absolute atomic E-state index is 0.00495. The van der Waals surface area contributed by atoms with Crippen LogP contribution in [0.25, 0.3) is 27.6 Å². The maximum absolute atomic E-state index is 9.64. The summed E-state index contributed by atoms with van der Waals surface area (Å²) in [4.78, 5) is 8.88. The molecule has 2 aromatic heterocycles. The van der Waals surface area contributed by atoms with Crippen LogP contribution in [-0.4, -0.2) is 21.3 Å². The van der Waals surface area contributed by atoms with Crippen LogP contribution in [-0.2, 0) is 0 Å². The Morgan fingerprint density at radius 1 is 1.38 bits per heavy atom. The SMILES string of the molecule is C=C(O)c1cccc(-c2cc(-c3nccs3)nc(SC)c2C#N)c1. The van der Waals surface area contributed by atoms with Crippen molar-refractivity contribution in [2.45, 2.75) is 5.03 Å². The largest absolute Gasteiger partial charge is 0.508 e. The number of aliphatic hydroxyl groups is 1. The molecule has 4 nitrogen and oxygen atoms in total. The fourth-order valence-electron chi connectivity index (χ4n) is 2.33. The van der Waals surface area contributed by atoms with Gasteiger partial charge in [0.25, 0.3) is 0 Å². The lowest BCUT2D eigenvalue weighted by molar-refractivity contribution is 0.514. The number of pyridine rings is 1. The molecule has 0 aliphatic heterocycles. The molecule has 0 atom stereocenters. The van der Waals surface area contributed by atoms with Crippen molar-refractivity contribution in [3.8, 4) is 27.9 Å². The van der Waals surface area contributed by atoms with Crippen LogP contribution in [0.2, 0.25) is 0 Å². The van der Waals surface area contributed by atoms with E-state index in [2.05, 4.69) is 22.6 Å². The monoisotopic (exact) mass is 351 g/mol. The van der Waals surface area contributed by atoms with Crippen molar-refractivity contribution in [1.82, 2.24) is 9.97 Å². The number of benzene rings is 1. The summed E-state index contributed by atoms with van der Waals surface area (Å²) in [5.74, 6) is -0.00495. The highest BCUT2D eigenvalue weighted by Crippen LogP contribution is 2.34. The minimum atomic E-state index is -0.00495. The maximum Gasteiger partial charge on any atom is 0.141 e. The molecule has 2 heterocycles. The zero-order valence-corrected chi connectivity index (χ0v) is 14.5. The summed E-state index contributed by atoms with van der Waals surface area (Å²) in [5, 5.41) is 22.6. The Morgan fingerprint density at radius 2 is 2.21 bits per heavy atom. The van der Waals surface area contributed by atoms with Crippen molar-refractivity contribution in [2.75, 3.05) is 6.26 Å². The van der Waals surface area contributed by atoms with Crippen molar-refractivity contribution in [3.05, 3.63) is 59.6 Å². The topological polar surface area (TPSA) is 69.8 Å². The van der Waals surface area contributed by atoms with Crippen molar-refractivity contribution in [3.63, 3.8) is 0 Å². The molecule has 0 bridgehead atoms. The van der Waals surface area contributed by atoms with Gasteiger partial charge in [0, 0.05) is 22.7 Å². The van der Waals surface area contributed by atoms with Gasteiger partial charge in [-0.25, -0.2) is 9.97 Å². The molecule has 0 spiro atoms. The third kappa shape index (κ3) is 3.04. The van der Waals surface area contributed by atoms with E-state index in [1.807, 2.05) is 35.9 Å². The quantitative estimate of drug-likeness (QED) is 0.529. The fourth-order valence-corrected chi connectivity index (χ4v) is 3.48. The number of aromatic nitrogens is 2. The second kappa shape index (κ2) is 6.87. The Kier molecular flexibility index (Phi) is 4.65. The molecule has 0 saturated carbocycles. The molecular weight excluding hydrogens is 338 g/mol. The van der Waals surface area contributed by atoms with Gasteiger partial charge in [0.15, 0.2) is 0 Å². The summed E-state index contributed by atoms with van der Waals surface area (Å²) in [5.41, 5.74) is 3.47. The van der Waals surface area contributed by atoms with Gasteiger partial charge in [-0.3, -0.25) is 0 Å². The number of aliphatic hydroxyl groups excluding tert-OH is 1. The van der Waals surface area contributed by atoms with Crippen LogP contribution in [0.15, 0.2) is 53.5 Å². The summed E-state index contributed by atoms with van der Waals surface area (Å²) >= 11 is 2.93. The Balaban J connectivity index is 2.26. The first kappa shape index (κ1) is 16.2. The number of hydrogen-bond acceptors (Lipinski definition) is 6. The van der Waals surface area contributed by atoms with Gasteiger partial charge in [-0.05, 0) is 24.0 Å². The van der Waals surface area contributed by atoms with Gasteiger partial charge in [-0.15, -0.1) is 23.1 Å². The molecule has 3 aromatic rings. The molecule has 0 aliphatic rings. The van der Waals surface area contributed by atoms with Crippen molar-refractivity contribution < 1.29 is 5.11 Å². The fraction of sp³-hybridized carbons (Fsp3) is 0.0556. The molecule has 1 aromatic carbocycles. The van der Waals surface area contributed by atoms with Crippen molar-refractivity contribution in [2.24, 2.45) is 0 Å². The lowest BCUT2D eigenvalue weighted by atomic mass is 9.99. The normalized spacial score (nSPS) is 10.3. The minimum Gasteiger partial charge on any atom is -0.508 e. The van der Waals surface area contributed by atoms with Crippen LogP contribution in [0.5, 0.6) is 0 Å². The van der Waals surface area contributed by atoms with Crippen LogP contribution >= 0.6 is 23.1 Å². The summed E-state index contributed by atoms with van der Waals surface area (Å²) in [6.45, 7) is 3.56. The smallest absolute Gasteiger partial charge is 0.141 e. The average Bonchev–Trinajstić information content (AvgIpc) is 3.15. The average molecular weight is 351 g/mol.